The maximum Gasteiger partial charge on any atom is 0.404 e. The Morgan fingerprint density at radius 2 is 2.26 bits per heavy atom. The van der Waals surface area contributed by atoms with Crippen LogP contribution in [-0.4, -0.2) is 35.7 Å². The van der Waals surface area contributed by atoms with E-state index in [-0.39, 0.29) is 23.1 Å². The maximum atomic E-state index is 11.1. The number of benzene rings is 1. The van der Waals surface area contributed by atoms with Gasteiger partial charge in [0, 0.05) is 47.9 Å². The summed E-state index contributed by atoms with van der Waals surface area (Å²) in [5, 5.41) is 11.9. The number of ether oxygens (including phenoxy) is 1. The minimum absolute atomic E-state index is 0.0842. The van der Waals surface area contributed by atoms with Crippen LogP contribution in [-0.2, 0) is 4.74 Å². The van der Waals surface area contributed by atoms with Crippen molar-refractivity contribution >= 4 is 28.4 Å². The molecule has 2 N–H and O–H groups in total. The molecule has 8 heteroatoms. The molecule has 0 spiro atoms. The summed E-state index contributed by atoms with van der Waals surface area (Å²) in [6.45, 7) is 3.39. The van der Waals surface area contributed by atoms with Gasteiger partial charge < -0.3 is 15.4 Å². The number of hydrogen-bond donors (Lipinski definition) is 1. The van der Waals surface area contributed by atoms with Crippen molar-refractivity contribution in [1.82, 2.24) is 4.98 Å². The van der Waals surface area contributed by atoms with E-state index in [4.69, 9.17) is 10.5 Å². The molecule has 3 rings (SSSR count). The van der Waals surface area contributed by atoms with Crippen molar-refractivity contribution in [3.05, 3.63) is 40.1 Å². The van der Waals surface area contributed by atoms with Crippen molar-refractivity contribution in [3.8, 4) is 0 Å². The third-order valence-corrected chi connectivity index (χ3v) is 3.99. The maximum absolute atomic E-state index is 11.1. The highest BCUT2D eigenvalue weighted by Crippen LogP contribution is 2.34. The van der Waals surface area contributed by atoms with Gasteiger partial charge in [-0.05, 0) is 19.1 Å². The van der Waals surface area contributed by atoms with Crippen LogP contribution in [0.25, 0.3) is 10.9 Å². The van der Waals surface area contributed by atoms with Gasteiger partial charge in [-0.3, -0.25) is 15.1 Å². The number of primary amides is 1. The fourth-order valence-electron chi connectivity index (χ4n) is 2.82. The molecule has 1 aromatic heterocycles. The van der Waals surface area contributed by atoms with Crippen LogP contribution in [0.4, 0.5) is 16.2 Å². The summed E-state index contributed by atoms with van der Waals surface area (Å²) in [6, 6.07) is 5.14. The smallest absolute Gasteiger partial charge is 0.404 e. The van der Waals surface area contributed by atoms with E-state index in [1.165, 1.54) is 0 Å². The average molecular weight is 316 g/mol. The monoisotopic (exact) mass is 316 g/mol. The van der Waals surface area contributed by atoms with Gasteiger partial charge in [-0.2, -0.15) is 0 Å². The number of fused-ring (bicyclic) bond motifs is 1. The number of aryl methyl sites for hydroxylation is 1. The molecule has 0 saturated carbocycles. The fraction of sp³-hybridized carbons (Fsp3) is 0.333. The summed E-state index contributed by atoms with van der Waals surface area (Å²) >= 11 is 0. The van der Waals surface area contributed by atoms with Gasteiger partial charge in [0.25, 0.3) is 5.69 Å². The molecule has 2 heterocycles. The largest absolute Gasteiger partial charge is 0.449 e. The van der Waals surface area contributed by atoms with Crippen LogP contribution in [0.5, 0.6) is 0 Å². The Morgan fingerprint density at radius 3 is 2.91 bits per heavy atom. The zero-order valence-corrected chi connectivity index (χ0v) is 12.6. The van der Waals surface area contributed by atoms with Crippen molar-refractivity contribution in [2.24, 2.45) is 11.7 Å². The van der Waals surface area contributed by atoms with Crippen LogP contribution in [0.1, 0.15) is 5.56 Å². The lowest BCUT2D eigenvalue weighted by molar-refractivity contribution is -0.385. The number of nitrogens with two attached hydrogens (primary N) is 1. The summed E-state index contributed by atoms with van der Waals surface area (Å²) in [5.74, 6) is 0.214. The van der Waals surface area contributed by atoms with Gasteiger partial charge in [0.05, 0.1) is 17.0 Å². The van der Waals surface area contributed by atoms with Crippen LogP contribution in [0.2, 0.25) is 0 Å². The van der Waals surface area contributed by atoms with E-state index in [1.807, 2.05) is 6.07 Å². The number of aromatic nitrogens is 1. The first-order valence-electron chi connectivity index (χ1n) is 7.16. The molecule has 0 unspecified atom stereocenters. The molecule has 2 aromatic rings. The SMILES string of the molecule is Cc1cc2nccc(N3CC(COC(N)=O)C3)c2cc1[N+](=O)[O-]. The Hall–Kier alpha value is -2.90. The Balaban J connectivity index is 1.86. The number of nitrogens with zero attached hydrogens (tertiary/aromatic N) is 3. The molecule has 8 nitrogen and oxygen atoms in total. The van der Waals surface area contributed by atoms with Gasteiger partial charge in [-0.1, -0.05) is 0 Å². The first kappa shape index (κ1) is 15.0. The molecule has 0 aliphatic carbocycles. The lowest BCUT2D eigenvalue weighted by Gasteiger charge is -2.41. The van der Waals surface area contributed by atoms with E-state index in [1.54, 1.807) is 25.3 Å². The number of pyridine rings is 1. The quantitative estimate of drug-likeness (QED) is 0.682. The van der Waals surface area contributed by atoms with Crippen LogP contribution >= 0.6 is 0 Å². The standard InChI is InChI=1S/C15H16N4O4/c1-9-4-12-11(5-14(9)19(21)22)13(2-3-17-12)18-6-10(7-18)8-23-15(16)20/h2-5,10H,6-8H2,1H3,(H2,16,20). The molecule has 120 valence electrons. The lowest BCUT2D eigenvalue weighted by atomic mass is 9.98. The average Bonchev–Trinajstić information content (AvgIpc) is 2.44. The topological polar surface area (TPSA) is 112 Å². The number of nitro groups is 1. The molecule has 1 saturated heterocycles. The third-order valence-electron chi connectivity index (χ3n) is 3.99. The molecule has 1 fully saturated rings. The van der Waals surface area contributed by atoms with Gasteiger partial charge in [-0.25, -0.2) is 4.79 Å². The van der Waals surface area contributed by atoms with Crippen LogP contribution in [0.15, 0.2) is 24.4 Å². The van der Waals surface area contributed by atoms with Crippen LogP contribution < -0.4 is 10.6 Å². The predicted molar refractivity (Wildman–Crippen MR) is 84.4 cm³/mol. The van der Waals surface area contributed by atoms with E-state index in [0.717, 1.165) is 16.6 Å². The highest BCUT2D eigenvalue weighted by atomic mass is 16.6. The molecule has 1 aliphatic heterocycles. The Kier molecular flexibility index (Phi) is 3.73. The summed E-state index contributed by atoms with van der Waals surface area (Å²) in [4.78, 5) is 27.7. The molecule has 0 atom stereocenters. The number of rotatable bonds is 4. The first-order chi connectivity index (χ1) is 11.0. The lowest BCUT2D eigenvalue weighted by Crippen LogP contribution is -2.49. The normalized spacial score (nSPS) is 14.6. The number of carbonyl (C=O) groups is 1. The zero-order valence-electron chi connectivity index (χ0n) is 12.6. The van der Waals surface area contributed by atoms with E-state index < -0.39 is 6.09 Å². The molecule has 1 aromatic carbocycles. The van der Waals surface area contributed by atoms with E-state index in [2.05, 4.69) is 9.88 Å². The second-order valence-electron chi connectivity index (χ2n) is 5.64. The van der Waals surface area contributed by atoms with Gasteiger partial charge in [0.1, 0.15) is 0 Å². The summed E-state index contributed by atoms with van der Waals surface area (Å²) in [5.41, 5.74) is 7.24. The minimum atomic E-state index is -0.774. The van der Waals surface area contributed by atoms with E-state index >= 15 is 0 Å². The van der Waals surface area contributed by atoms with Gasteiger partial charge in [0.15, 0.2) is 0 Å². The van der Waals surface area contributed by atoms with Crippen molar-refractivity contribution in [2.45, 2.75) is 6.92 Å². The predicted octanol–water partition coefficient (Wildman–Crippen LogP) is 1.98. The summed E-state index contributed by atoms with van der Waals surface area (Å²) in [7, 11) is 0. The molecule has 1 amide bonds. The highest BCUT2D eigenvalue weighted by Gasteiger charge is 2.29. The van der Waals surface area contributed by atoms with Gasteiger partial charge in [-0.15, -0.1) is 0 Å². The van der Waals surface area contributed by atoms with Crippen molar-refractivity contribution < 1.29 is 14.5 Å². The van der Waals surface area contributed by atoms with Crippen molar-refractivity contribution in [1.29, 1.82) is 0 Å². The molecular weight excluding hydrogens is 300 g/mol. The number of amides is 1. The van der Waals surface area contributed by atoms with E-state index in [0.29, 0.717) is 18.7 Å². The fourth-order valence-corrected chi connectivity index (χ4v) is 2.82. The Bertz CT molecular complexity index is 786. The number of hydrogen-bond acceptors (Lipinski definition) is 6. The first-order valence-corrected chi connectivity index (χ1v) is 7.16. The molecule has 1 aliphatic rings. The summed E-state index contributed by atoms with van der Waals surface area (Å²) in [6.07, 6.45) is 0.916. The second-order valence-corrected chi connectivity index (χ2v) is 5.64. The molecule has 0 bridgehead atoms. The zero-order chi connectivity index (χ0) is 16.6. The highest BCUT2D eigenvalue weighted by molar-refractivity contribution is 5.94. The molecule has 0 radical (unpaired) electrons. The summed E-state index contributed by atoms with van der Waals surface area (Å²) < 4.78 is 4.79. The van der Waals surface area contributed by atoms with Crippen LogP contribution in [0.3, 0.4) is 0 Å². The third kappa shape index (κ3) is 2.87. The van der Waals surface area contributed by atoms with Crippen molar-refractivity contribution in [2.75, 3.05) is 24.6 Å². The van der Waals surface area contributed by atoms with Crippen molar-refractivity contribution in [3.63, 3.8) is 0 Å². The second kappa shape index (κ2) is 5.71. The Morgan fingerprint density at radius 1 is 1.52 bits per heavy atom. The number of nitro benzene ring substituents is 1. The van der Waals surface area contributed by atoms with Gasteiger partial charge in [0.2, 0.25) is 0 Å². The number of carbonyl (C=O) groups excluding carboxylic acids is 1. The molecule has 23 heavy (non-hydrogen) atoms. The Labute approximate surface area is 132 Å². The molecular formula is C15H16N4O4. The van der Waals surface area contributed by atoms with E-state index in [9.17, 15) is 14.9 Å². The van der Waals surface area contributed by atoms with Crippen LogP contribution in [0, 0.1) is 23.0 Å². The minimum Gasteiger partial charge on any atom is -0.449 e. The number of anilines is 1. The van der Waals surface area contributed by atoms with Gasteiger partial charge >= 0.3 is 6.09 Å².